The Hall–Kier alpha value is -2.33. The maximum Gasteiger partial charge on any atom is 0.271 e. The zero-order chi connectivity index (χ0) is 18.3. The van der Waals surface area contributed by atoms with E-state index in [4.69, 9.17) is 5.11 Å². The molecule has 0 saturated carbocycles. The molecule has 0 saturated heterocycles. The lowest BCUT2D eigenvalue weighted by atomic mass is 10.1. The lowest BCUT2D eigenvalue weighted by molar-refractivity contribution is -0.114. The van der Waals surface area contributed by atoms with Crippen LogP contribution in [0.3, 0.4) is 0 Å². The predicted octanol–water partition coefficient (Wildman–Crippen LogP) is -1.18. The van der Waals surface area contributed by atoms with Gasteiger partial charge >= 0.3 is 0 Å². The lowest BCUT2D eigenvalue weighted by Gasteiger charge is -2.22. The molecule has 0 radical (unpaired) electrons. The van der Waals surface area contributed by atoms with Gasteiger partial charge in [-0.25, -0.2) is 5.43 Å². The number of carbonyl (C=O) groups is 2. The second-order valence-electron chi connectivity index (χ2n) is 5.19. The Morgan fingerprint density at radius 3 is 2.17 bits per heavy atom. The molecule has 9 heteroatoms. The maximum absolute atomic E-state index is 11.8. The molecule has 1 aromatic rings. The van der Waals surface area contributed by atoms with Crippen LogP contribution in [0.1, 0.15) is 24.2 Å². The molecule has 0 fully saturated rings. The van der Waals surface area contributed by atoms with Crippen LogP contribution in [0.15, 0.2) is 29.4 Å². The Morgan fingerprint density at radius 1 is 1.08 bits per heavy atom. The topological polar surface area (TPSA) is 151 Å². The van der Waals surface area contributed by atoms with E-state index in [1.807, 2.05) is 0 Å². The average molecular weight is 339 g/mol. The number of hydrazone groups is 1. The Balaban J connectivity index is 2.57. The molecule has 0 aromatic heterocycles. The van der Waals surface area contributed by atoms with Crippen LogP contribution in [-0.2, 0) is 4.79 Å². The third-order valence-electron chi connectivity index (χ3n) is 3.05. The van der Waals surface area contributed by atoms with Crippen molar-refractivity contribution >= 4 is 23.7 Å². The van der Waals surface area contributed by atoms with Crippen molar-refractivity contribution in [2.24, 2.45) is 5.10 Å². The Morgan fingerprint density at radius 2 is 1.67 bits per heavy atom. The molecule has 0 aliphatic carbocycles. The quantitative estimate of drug-likeness (QED) is 0.272. The highest BCUT2D eigenvalue weighted by Gasteiger charge is 2.27. The molecular weight excluding hydrogens is 318 g/mol. The van der Waals surface area contributed by atoms with Gasteiger partial charge in [0.2, 0.25) is 5.91 Å². The third kappa shape index (κ3) is 6.05. The van der Waals surface area contributed by atoms with Crippen molar-refractivity contribution in [3.05, 3.63) is 29.8 Å². The maximum atomic E-state index is 11.8. The van der Waals surface area contributed by atoms with Gasteiger partial charge in [-0.1, -0.05) is 0 Å². The first kappa shape index (κ1) is 19.7. The van der Waals surface area contributed by atoms with Gasteiger partial charge in [0.05, 0.1) is 12.3 Å². The first-order valence-electron chi connectivity index (χ1n) is 7.15. The van der Waals surface area contributed by atoms with E-state index in [9.17, 15) is 24.9 Å². The molecule has 2 amide bonds. The Labute approximate surface area is 138 Å². The monoisotopic (exact) mass is 339 g/mol. The van der Waals surface area contributed by atoms with E-state index < -0.39 is 30.3 Å². The molecule has 0 aliphatic heterocycles. The minimum Gasteiger partial charge on any atom is -0.391 e. The molecule has 1 rings (SSSR count). The predicted molar refractivity (Wildman–Crippen MR) is 86.4 cm³/mol. The summed E-state index contributed by atoms with van der Waals surface area (Å²) in [5.74, 6) is -0.804. The molecule has 0 aliphatic rings. The van der Waals surface area contributed by atoms with Crippen LogP contribution in [0.5, 0.6) is 0 Å². The van der Waals surface area contributed by atoms with Gasteiger partial charge in [-0.05, 0) is 31.2 Å². The number of nitrogens with one attached hydrogen (secondary N) is 2. The van der Waals surface area contributed by atoms with Crippen molar-refractivity contribution in [2.75, 3.05) is 5.32 Å². The number of benzene rings is 1. The van der Waals surface area contributed by atoms with Crippen molar-refractivity contribution in [1.82, 2.24) is 5.43 Å². The molecule has 24 heavy (non-hydrogen) atoms. The van der Waals surface area contributed by atoms with Crippen molar-refractivity contribution < 1.29 is 30.0 Å². The first-order chi connectivity index (χ1) is 11.2. The van der Waals surface area contributed by atoms with Crippen LogP contribution in [0, 0.1) is 0 Å². The molecular formula is C15H21N3O6. The number of hydrogen-bond acceptors (Lipinski definition) is 7. The lowest BCUT2D eigenvalue weighted by Crippen LogP contribution is -2.44. The van der Waals surface area contributed by atoms with Gasteiger partial charge in [0.25, 0.3) is 5.91 Å². The molecule has 4 unspecified atom stereocenters. The Kier molecular flexibility index (Phi) is 7.46. The summed E-state index contributed by atoms with van der Waals surface area (Å²) in [4.78, 5) is 22.7. The summed E-state index contributed by atoms with van der Waals surface area (Å²) in [6.07, 6.45) is -5.18. The van der Waals surface area contributed by atoms with Gasteiger partial charge in [0.15, 0.2) is 0 Å². The minimum atomic E-state index is -1.65. The van der Waals surface area contributed by atoms with E-state index >= 15 is 0 Å². The second-order valence-corrected chi connectivity index (χ2v) is 5.19. The minimum absolute atomic E-state index is 0.233. The zero-order valence-corrected chi connectivity index (χ0v) is 13.2. The fourth-order valence-electron chi connectivity index (χ4n) is 1.72. The highest BCUT2D eigenvalue weighted by molar-refractivity contribution is 5.95. The normalized spacial score (nSPS) is 16.2. The third-order valence-corrected chi connectivity index (χ3v) is 3.05. The van der Waals surface area contributed by atoms with Crippen molar-refractivity contribution in [1.29, 1.82) is 0 Å². The van der Waals surface area contributed by atoms with E-state index in [1.54, 1.807) is 0 Å². The fourth-order valence-corrected chi connectivity index (χ4v) is 1.72. The first-order valence-corrected chi connectivity index (χ1v) is 7.15. The smallest absolute Gasteiger partial charge is 0.271 e. The number of nitrogens with zero attached hydrogens (tertiary/aromatic N) is 1. The van der Waals surface area contributed by atoms with Gasteiger partial charge in [-0.2, -0.15) is 5.10 Å². The van der Waals surface area contributed by atoms with E-state index in [2.05, 4.69) is 15.8 Å². The van der Waals surface area contributed by atoms with Crippen LogP contribution < -0.4 is 10.7 Å². The highest BCUT2D eigenvalue weighted by atomic mass is 16.4. The summed E-state index contributed by atoms with van der Waals surface area (Å²) in [5, 5.41) is 43.7. The summed E-state index contributed by atoms with van der Waals surface area (Å²) in [7, 11) is 0. The molecule has 4 atom stereocenters. The number of anilines is 1. The van der Waals surface area contributed by atoms with Gasteiger partial charge < -0.3 is 25.7 Å². The van der Waals surface area contributed by atoms with Gasteiger partial charge in [-0.15, -0.1) is 0 Å². The van der Waals surface area contributed by atoms with Gasteiger partial charge in [0.1, 0.15) is 18.3 Å². The van der Waals surface area contributed by atoms with Crippen LogP contribution in [0.2, 0.25) is 0 Å². The molecule has 9 nitrogen and oxygen atoms in total. The van der Waals surface area contributed by atoms with Crippen molar-refractivity contribution in [2.45, 2.75) is 38.3 Å². The molecule has 0 heterocycles. The van der Waals surface area contributed by atoms with E-state index in [0.717, 1.165) is 6.21 Å². The number of amides is 2. The second kappa shape index (κ2) is 9.08. The van der Waals surface area contributed by atoms with Crippen LogP contribution in [0.4, 0.5) is 5.69 Å². The van der Waals surface area contributed by atoms with Gasteiger partial charge in [-0.3, -0.25) is 9.59 Å². The van der Waals surface area contributed by atoms with Gasteiger partial charge in [0, 0.05) is 18.2 Å². The molecule has 0 bridgehead atoms. The molecule has 132 valence electrons. The fraction of sp³-hybridized carbons (Fsp3) is 0.400. The standard InChI is InChI=1S/C15H21N3O6/c1-8(19)13(22)14(23)12(21)7-16-18-15(24)10-3-5-11(6-4-10)17-9(2)20/h3-8,12-14,19,21-23H,1-2H3,(H,17,20)(H,18,24)/b16-7+. The summed E-state index contributed by atoms with van der Waals surface area (Å²) >= 11 is 0. The van der Waals surface area contributed by atoms with Crippen LogP contribution >= 0.6 is 0 Å². The number of aliphatic hydroxyl groups excluding tert-OH is 4. The van der Waals surface area contributed by atoms with Crippen molar-refractivity contribution in [3.8, 4) is 0 Å². The summed E-state index contributed by atoms with van der Waals surface area (Å²) < 4.78 is 0. The summed E-state index contributed by atoms with van der Waals surface area (Å²) in [6.45, 7) is 2.62. The molecule has 0 spiro atoms. The number of aliphatic hydroxyl groups is 4. The zero-order valence-electron chi connectivity index (χ0n) is 13.2. The van der Waals surface area contributed by atoms with Crippen LogP contribution in [0.25, 0.3) is 0 Å². The SMILES string of the molecule is CC(=O)Nc1ccc(C(=O)N/N=C/C(O)C(O)C(O)C(C)O)cc1. The van der Waals surface area contributed by atoms with Crippen LogP contribution in [-0.4, -0.2) is 62.9 Å². The van der Waals surface area contributed by atoms with E-state index in [-0.39, 0.29) is 11.5 Å². The number of carbonyl (C=O) groups excluding carboxylic acids is 2. The molecule has 1 aromatic carbocycles. The molecule has 6 N–H and O–H groups in total. The number of hydrogen-bond donors (Lipinski definition) is 6. The van der Waals surface area contributed by atoms with E-state index in [0.29, 0.717) is 5.69 Å². The Bertz CT molecular complexity index is 587. The van der Waals surface area contributed by atoms with Crippen molar-refractivity contribution in [3.63, 3.8) is 0 Å². The summed E-state index contributed by atoms with van der Waals surface area (Å²) in [6, 6.07) is 6.02. The average Bonchev–Trinajstić information content (AvgIpc) is 2.53. The highest BCUT2D eigenvalue weighted by Crippen LogP contribution is 2.09. The summed E-state index contributed by atoms with van der Waals surface area (Å²) in [5.41, 5.74) is 2.94. The largest absolute Gasteiger partial charge is 0.391 e. The number of rotatable bonds is 7. The van der Waals surface area contributed by atoms with E-state index in [1.165, 1.54) is 38.1 Å².